The van der Waals surface area contributed by atoms with Crippen LogP contribution in [0.15, 0.2) is 0 Å². The summed E-state index contributed by atoms with van der Waals surface area (Å²) in [5, 5.41) is 0. The molecule has 0 atom stereocenters. The van der Waals surface area contributed by atoms with E-state index in [1.54, 1.807) is 0 Å². The second-order valence-corrected chi connectivity index (χ2v) is 9.17. The summed E-state index contributed by atoms with van der Waals surface area (Å²) in [4.78, 5) is 0. The molecule has 0 unspecified atom stereocenters. The Kier molecular flexibility index (Phi) is 5.74. The minimum atomic E-state index is -0.287. The Hall–Kier alpha value is 1.18. The molecule has 3 heteroatoms. The maximum atomic E-state index is 3.44. The predicted molar refractivity (Wildman–Crippen MR) is 49.9 cm³/mol. The van der Waals surface area contributed by atoms with Gasteiger partial charge in [0.25, 0.3) is 0 Å². The molecule has 0 amide bonds. The van der Waals surface area contributed by atoms with Crippen molar-refractivity contribution in [2.45, 2.75) is 29.3 Å². The third-order valence-electron chi connectivity index (χ3n) is 0.962. The molecule has 0 aromatic rings. The Labute approximate surface area is 69.9 Å². The van der Waals surface area contributed by atoms with Crippen LogP contribution in [0.2, 0.25) is 19.1 Å². The molecular weight excluding hydrogens is 248 g/mol. The number of rotatable bonds is 3. The lowest BCUT2D eigenvalue weighted by atomic mass is 10.6. The van der Waals surface area contributed by atoms with Gasteiger partial charge in [-0.15, -0.1) is 0 Å². The normalized spacial score (nSPS) is 11.2. The lowest BCUT2D eigenvalue weighted by Gasteiger charge is -2.01. The molecule has 0 saturated heterocycles. The first-order valence-electron chi connectivity index (χ1n) is 2.91. The van der Waals surface area contributed by atoms with E-state index in [4.69, 9.17) is 0 Å². The Morgan fingerprint density at radius 2 is 1.88 bits per heavy atom. The number of hydrogen-bond acceptors (Lipinski definition) is 0. The van der Waals surface area contributed by atoms with Crippen molar-refractivity contribution < 1.29 is 0 Å². The lowest BCUT2D eigenvalue weighted by Crippen LogP contribution is -2.00. The van der Waals surface area contributed by atoms with Gasteiger partial charge in [0, 0.05) is 8.80 Å². The highest BCUT2D eigenvalue weighted by molar-refractivity contribution is 9.24. The van der Waals surface area contributed by atoms with Crippen molar-refractivity contribution >= 4 is 40.7 Å². The van der Waals surface area contributed by atoms with E-state index in [0.29, 0.717) is 3.74 Å². The maximum Gasteiger partial charge on any atom is 0.0695 e. The van der Waals surface area contributed by atoms with Gasteiger partial charge in [0.1, 0.15) is 0 Å². The summed E-state index contributed by atoms with van der Waals surface area (Å²) >= 11 is 6.88. The molecule has 8 heavy (non-hydrogen) atoms. The zero-order valence-electron chi connectivity index (χ0n) is 5.32. The van der Waals surface area contributed by atoms with Crippen LogP contribution in [0, 0.1) is 0 Å². The number of halogens is 2. The molecule has 0 radical (unpaired) electrons. The first-order valence-corrected chi connectivity index (χ1v) is 7.86. The molecule has 0 aromatic heterocycles. The van der Waals surface area contributed by atoms with Gasteiger partial charge in [-0.2, -0.15) is 0 Å². The molecule has 0 spiro atoms. The van der Waals surface area contributed by atoms with Gasteiger partial charge in [0.15, 0.2) is 0 Å². The van der Waals surface area contributed by atoms with Gasteiger partial charge in [-0.1, -0.05) is 51.0 Å². The van der Waals surface area contributed by atoms with E-state index in [2.05, 4.69) is 45.0 Å². The quantitative estimate of drug-likeness (QED) is 0.540. The lowest BCUT2D eigenvalue weighted by molar-refractivity contribution is 1.06. The second-order valence-electron chi connectivity index (χ2n) is 2.36. The van der Waals surface area contributed by atoms with Crippen molar-refractivity contribution in [2.75, 3.05) is 0 Å². The van der Waals surface area contributed by atoms with Crippen molar-refractivity contribution in [3.8, 4) is 0 Å². The van der Waals surface area contributed by atoms with Crippen LogP contribution in [0.3, 0.4) is 0 Å². The topological polar surface area (TPSA) is 0 Å². The zero-order valence-corrected chi connectivity index (χ0v) is 9.65. The Bertz CT molecular complexity index is 46.4. The number of hydrogen-bond donors (Lipinski definition) is 0. The summed E-state index contributed by atoms with van der Waals surface area (Å²) in [7, 11) is -0.287. The van der Waals surface area contributed by atoms with Crippen molar-refractivity contribution in [1.29, 1.82) is 0 Å². The van der Waals surface area contributed by atoms with Gasteiger partial charge in [-0.25, -0.2) is 0 Å². The van der Waals surface area contributed by atoms with Crippen molar-refractivity contribution in [3.05, 3.63) is 0 Å². The van der Waals surface area contributed by atoms with Gasteiger partial charge < -0.3 is 0 Å². The molecule has 0 N–H and O–H groups in total. The Balaban J connectivity index is 2.93. The Morgan fingerprint density at radius 3 is 2.00 bits per heavy atom. The largest absolute Gasteiger partial charge is 0.0765 e. The van der Waals surface area contributed by atoms with Crippen LogP contribution >= 0.6 is 31.9 Å². The highest BCUT2D eigenvalue weighted by Crippen LogP contribution is 2.15. The van der Waals surface area contributed by atoms with Gasteiger partial charge in [0.2, 0.25) is 0 Å². The molecule has 50 valence electrons. The molecule has 0 fully saturated rings. The van der Waals surface area contributed by atoms with E-state index in [0.717, 1.165) is 0 Å². The SMILES string of the molecule is C[SiH](C)CCC(Br)Br. The average Bonchev–Trinajstić information content (AvgIpc) is 1.61. The van der Waals surface area contributed by atoms with Crippen LogP contribution in [-0.4, -0.2) is 12.5 Å². The van der Waals surface area contributed by atoms with Gasteiger partial charge in [0.05, 0.1) is 3.74 Å². The Morgan fingerprint density at radius 1 is 1.38 bits per heavy atom. The van der Waals surface area contributed by atoms with Crippen molar-refractivity contribution in [1.82, 2.24) is 0 Å². The summed E-state index contributed by atoms with van der Waals surface area (Å²) in [5.74, 6) is 0. The molecule has 0 aliphatic rings. The first-order chi connectivity index (χ1) is 3.63. The zero-order chi connectivity index (χ0) is 6.57. The van der Waals surface area contributed by atoms with Crippen LogP contribution in [-0.2, 0) is 0 Å². The van der Waals surface area contributed by atoms with E-state index in [1.807, 2.05) is 0 Å². The summed E-state index contributed by atoms with van der Waals surface area (Å²) in [5.41, 5.74) is 0. The molecular formula is C5H12Br2Si. The molecule has 0 heterocycles. The van der Waals surface area contributed by atoms with E-state index in [1.165, 1.54) is 12.5 Å². The third-order valence-corrected chi connectivity index (χ3v) is 3.37. The van der Waals surface area contributed by atoms with Crippen LogP contribution < -0.4 is 0 Å². The second kappa shape index (κ2) is 5.00. The fraction of sp³-hybridized carbons (Fsp3) is 1.00. The fourth-order valence-electron chi connectivity index (χ4n) is 0.459. The minimum Gasteiger partial charge on any atom is -0.0765 e. The predicted octanol–water partition coefficient (Wildman–Crippen LogP) is 2.98. The van der Waals surface area contributed by atoms with E-state index in [9.17, 15) is 0 Å². The van der Waals surface area contributed by atoms with Crippen molar-refractivity contribution in [2.24, 2.45) is 0 Å². The van der Waals surface area contributed by atoms with Gasteiger partial charge >= 0.3 is 0 Å². The summed E-state index contributed by atoms with van der Waals surface area (Å²) in [6.07, 6.45) is 1.28. The van der Waals surface area contributed by atoms with Crippen LogP contribution in [0.5, 0.6) is 0 Å². The summed E-state index contributed by atoms with van der Waals surface area (Å²) < 4.78 is 0.546. The van der Waals surface area contributed by atoms with Crippen molar-refractivity contribution in [3.63, 3.8) is 0 Å². The van der Waals surface area contributed by atoms with Gasteiger partial charge in [-0.05, 0) is 6.42 Å². The smallest absolute Gasteiger partial charge is 0.0695 e. The number of alkyl halides is 2. The monoisotopic (exact) mass is 258 g/mol. The third kappa shape index (κ3) is 7.18. The van der Waals surface area contributed by atoms with Crippen LogP contribution in [0.25, 0.3) is 0 Å². The highest BCUT2D eigenvalue weighted by atomic mass is 79.9. The van der Waals surface area contributed by atoms with E-state index < -0.39 is 0 Å². The molecule has 0 nitrogen and oxygen atoms in total. The van der Waals surface area contributed by atoms with Crippen LogP contribution in [0.1, 0.15) is 6.42 Å². The minimum absolute atomic E-state index is 0.287. The molecule has 0 aliphatic carbocycles. The first kappa shape index (κ1) is 9.18. The van der Waals surface area contributed by atoms with E-state index >= 15 is 0 Å². The summed E-state index contributed by atoms with van der Waals surface area (Å²) in [6.45, 7) is 4.75. The molecule has 0 rings (SSSR count). The van der Waals surface area contributed by atoms with Gasteiger partial charge in [-0.3, -0.25) is 0 Å². The van der Waals surface area contributed by atoms with Crippen LogP contribution in [0.4, 0.5) is 0 Å². The molecule has 0 aliphatic heterocycles. The maximum absolute atomic E-state index is 3.44. The average molecular weight is 260 g/mol. The molecule has 0 aromatic carbocycles. The fourth-order valence-corrected chi connectivity index (χ4v) is 2.96. The highest BCUT2D eigenvalue weighted by Gasteiger charge is 1.99. The van der Waals surface area contributed by atoms with E-state index in [-0.39, 0.29) is 8.80 Å². The standard InChI is InChI=1S/C5H12Br2Si/c1-8(2)4-3-5(6)7/h5,8H,3-4H2,1-2H3. The molecule has 0 bridgehead atoms. The summed E-state index contributed by atoms with van der Waals surface area (Å²) in [6, 6.07) is 1.43. The molecule has 0 saturated carbocycles.